The van der Waals surface area contributed by atoms with Crippen molar-refractivity contribution in [3.63, 3.8) is 0 Å². The Hall–Kier alpha value is -1.08. The highest BCUT2D eigenvalue weighted by atomic mass is 32.2. The lowest BCUT2D eigenvalue weighted by Gasteiger charge is -2.44. The summed E-state index contributed by atoms with van der Waals surface area (Å²) in [7, 11) is -3.24. The number of sulfone groups is 1. The van der Waals surface area contributed by atoms with Crippen molar-refractivity contribution < 1.29 is 26.7 Å². The Kier molecular flexibility index (Phi) is 3.76. The van der Waals surface area contributed by atoms with Crippen molar-refractivity contribution in [3.8, 4) is 0 Å². The molecule has 0 amide bonds. The van der Waals surface area contributed by atoms with Gasteiger partial charge in [0.1, 0.15) is 5.82 Å². The molecule has 2 saturated heterocycles. The summed E-state index contributed by atoms with van der Waals surface area (Å²) in [6.07, 6.45) is 1.60. The molecule has 22 heavy (non-hydrogen) atoms. The third-order valence-electron chi connectivity index (χ3n) is 4.81. The zero-order valence-electron chi connectivity index (χ0n) is 11.9. The first-order chi connectivity index (χ1) is 10.2. The van der Waals surface area contributed by atoms with E-state index < -0.39 is 43.4 Å². The highest BCUT2D eigenvalue weighted by molar-refractivity contribution is 7.92. The van der Waals surface area contributed by atoms with Gasteiger partial charge in [-0.25, -0.2) is 21.6 Å². The Morgan fingerprint density at radius 2 is 1.59 bits per heavy atom. The van der Waals surface area contributed by atoms with Gasteiger partial charge >= 0.3 is 0 Å². The molecule has 2 heterocycles. The van der Waals surface area contributed by atoms with Crippen LogP contribution in [0.2, 0.25) is 0 Å². The van der Waals surface area contributed by atoms with Crippen LogP contribution < -0.4 is 0 Å². The molecule has 2 fully saturated rings. The molecule has 2 aliphatic heterocycles. The van der Waals surface area contributed by atoms with E-state index >= 15 is 0 Å². The topological polar surface area (TPSA) is 54.4 Å². The van der Waals surface area contributed by atoms with Crippen molar-refractivity contribution in [1.82, 2.24) is 0 Å². The largest absolute Gasteiger partial charge is 0.389 e. The smallest absolute Gasteiger partial charge is 0.161 e. The van der Waals surface area contributed by atoms with Gasteiger partial charge in [0.2, 0.25) is 0 Å². The summed E-state index contributed by atoms with van der Waals surface area (Å²) in [6.45, 7) is 0. The Balaban J connectivity index is 1.88. The van der Waals surface area contributed by atoms with Crippen LogP contribution in [0.15, 0.2) is 12.1 Å². The van der Waals surface area contributed by atoms with Gasteiger partial charge in [-0.15, -0.1) is 0 Å². The molecule has 3 nitrogen and oxygen atoms in total. The van der Waals surface area contributed by atoms with Crippen molar-refractivity contribution in [3.05, 3.63) is 35.1 Å². The number of halogens is 3. The predicted octanol–water partition coefficient (Wildman–Crippen LogP) is 2.51. The maximum Gasteiger partial charge on any atom is 0.161 e. The summed E-state index contributed by atoms with van der Waals surface area (Å²) in [5, 5.41) is 9.45. The van der Waals surface area contributed by atoms with Crippen LogP contribution in [0.25, 0.3) is 0 Å². The SMILES string of the molecule is O=S1(=O)C2CCCC1CC(O)(Cc1cc(F)c(F)cc1F)C2. The fraction of sp³-hybridized carbons (Fsp3) is 0.600. The number of fused-ring (bicyclic) bond motifs is 2. The van der Waals surface area contributed by atoms with Gasteiger partial charge in [0, 0.05) is 12.5 Å². The molecule has 2 bridgehead atoms. The first kappa shape index (κ1) is 15.8. The Bertz CT molecular complexity index is 682. The number of hydrogen-bond acceptors (Lipinski definition) is 3. The number of rotatable bonds is 2. The first-order valence-electron chi connectivity index (χ1n) is 7.30. The average molecular weight is 334 g/mol. The quantitative estimate of drug-likeness (QED) is 0.846. The molecule has 0 spiro atoms. The summed E-state index contributed by atoms with van der Waals surface area (Å²) < 4.78 is 64.4. The van der Waals surface area contributed by atoms with Crippen LogP contribution in [0.3, 0.4) is 0 Å². The van der Waals surface area contributed by atoms with Crippen molar-refractivity contribution >= 4 is 9.84 Å². The van der Waals surface area contributed by atoms with E-state index in [1.54, 1.807) is 0 Å². The third-order valence-corrected chi connectivity index (χ3v) is 7.47. The summed E-state index contributed by atoms with van der Waals surface area (Å²) >= 11 is 0. The van der Waals surface area contributed by atoms with E-state index in [4.69, 9.17) is 0 Å². The van der Waals surface area contributed by atoms with Crippen LogP contribution in [0.5, 0.6) is 0 Å². The van der Waals surface area contributed by atoms with Crippen LogP contribution >= 0.6 is 0 Å². The standard InChI is InChI=1S/C15H17F3O3S/c16-12-5-14(18)13(17)4-9(12)6-15(19)7-10-2-1-3-11(8-15)22(10,20)21/h4-5,10-11,19H,1-3,6-8H2. The predicted molar refractivity (Wildman–Crippen MR) is 74.6 cm³/mol. The molecule has 0 saturated carbocycles. The zero-order chi connectivity index (χ0) is 16.1. The van der Waals surface area contributed by atoms with Gasteiger partial charge in [0.25, 0.3) is 0 Å². The third kappa shape index (κ3) is 2.65. The summed E-state index contributed by atoms with van der Waals surface area (Å²) in [4.78, 5) is 0. The normalized spacial score (nSPS) is 33.6. The minimum atomic E-state index is -3.24. The fourth-order valence-corrected chi connectivity index (χ4v) is 6.36. The van der Waals surface area contributed by atoms with Crippen molar-refractivity contribution in [1.29, 1.82) is 0 Å². The summed E-state index contributed by atoms with van der Waals surface area (Å²) in [5.41, 5.74) is -1.52. The highest BCUT2D eigenvalue weighted by Gasteiger charge is 2.50. The van der Waals surface area contributed by atoms with Gasteiger partial charge in [-0.05, 0) is 37.3 Å². The molecule has 122 valence electrons. The lowest BCUT2D eigenvalue weighted by atomic mass is 9.81. The van der Waals surface area contributed by atoms with Gasteiger partial charge < -0.3 is 5.11 Å². The molecule has 0 aromatic heterocycles. The maximum atomic E-state index is 13.8. The Morgan fingerprint density at radius 1 is 1.05 bits per heavy atom. The number of hydrogen-bond donors (Lipinski definition) is 1. The molecule has 3 rings (SSSR count). The van der Waals surface area contributed by atoms with E-state index in [9.17, 15) is 26.7 Å². The van der Waals surface area contributed by atoms with E-state index in [1.165, 1.54) is 0 Å². The molecule has 1 N–H and O–H groups in total. The molecule has 1 aromatic carbocycles. The highest BCUT2D eigenvalue weighted by Crippen LogP contribution is 2.43. The van der Waals surface area contributed by atoms with Crippen LogP contribution in [0.1, 0.15) is 37.7 Å². The first-order valence-corrected chi connectivity index (χ1v) is 8.91. The van der Waals surface area contributed by atoms with Gasteiger partial charge in [-0.1, -0.05) is 6.42 Å². The number of aliphatic hydroxyl groups is 1. The van der Waals surface area contributed by atoms with Gasteiger partial charge in [-0.3, -0.25) is 0 Å². The molecule has 2 aliphatic rings. The van der Waals surface area contributed by atoms with Crippen LogP contribution in [-0.2, 0) is 16.3 Å². The second kappa shape index (κ2) is 5.23. The van der Waals surface area contributed by atoms with Crippen LogP contribution in [0.4, 0.5) is 13.2 Å². The van der Waals surface area contributed by atoms with Crippen LogP contribution in [-0.4, -0.2) is 29.6 Å². The van der Waals surface area contributed by atoms with Gasteiger partial charge in [-0.2, -0.15) is 0 Å². The number of benzene rings is 1. The molecule has 0 aliphatic carbocycles. The lowest BCUT2D eigenvalue weighted by Crippen LogP contribution is -2.52. The lowest BCUT2D eigenvalue weighted by molar-refractivity contribution is 0.00910. The van der Waals surface area contributed by atoms with Crippen molar-refractivity contribution in [2.75, 3.05) is 0 Å². The monoisotopic (exact) mass is 334 g/mol. The average Bonchev–Trinajstić information content (AvgIpc) is 2.38. The molecular formula is C15H17F3O3S. The minimum Gasteiger partial charge on any atom is -0.389 e. The summed E-state index contributed by atoms with van der Waals surface area (Å²) in [5.74, 6) is -3.38. The maximum absolute atomic E-state index is 13.8. The molecule has 2 unspecified atom stereocenters. The van der Waals surface area contributed by atoms with Crippen LogP contribution in [0, 0.1) is 17.5 Å². The molecular weight excluding hydrogens is 317 g/mol. The van der Waals surface area contributed by atoms with Crippen molar-refractivity contribution in [2.45, 2.75) is 54.6 Å². The Morgan fingerprint density at radius 3 is 2.18 bits per heavy atom. The zero-order valence-corrected chi connectivity index (χ0v) is 12.7. The summed E-state index contributed by atoms with van der Waals surface area (Å²) in [6, 6.07) is 1.19. The minimum absolute atomic E-state index is 0.0181. The van der Waals surface area contributed by atoms with Gasteiger partial charge in [0.05, 0.1) is 16.1 Å². The van der Waals surface area contributed by atoms with E-state index in [0.29, 0.717) is 18.9 Å². The second-order valence-electron chi connectivity index (χ2n) is 6.43. The molecule has 2 atom stereocenters. The second-order valence-corrected chi connectivity index (χ2v) is 8.94. The molecule has 7 heteroatoms. The molecule has 1 aromatic rings. The molecule has 0 radical (unpaired) electrons. The van der Waals surface area contributed by atoms with E-state index in [0.717, 1.165) is 12.5 Å². The fourth-order valence-electron chi connectivity index (χ4n) is 3.74. The van der Waals surface area contributed by atoms with E-state index in [2.05, 4.69) is 0 Å². The van der Waals surface area contributed by atoms with E-state index in [-0.39, 0.29) is 24.8 Å². The van der Waals surface area contributed by atoms with Crippen molar-refractivity contribution in [2.24, 2.45) is 0 Å². The van der Waals surface area contributed by atoms with E-state index in [1.807, 2.05) is 0 Å². The Labute approximate surface area is 127 Å². The van der Waals surface area contributed by atoms with Gasteiger partial charge in [0.15, 0.2) is 21.5 Å².